The van der Waals surface area contributed by atoms with Gasteiger partial charge in [0.15, 0.2) is 0 Å². The Labute approximate surface area is 235 Å². The number of hydrogen-bond acceptors (Lipinski definition) is 7. The summed E-state index contributed by atoms with van der Waals surface area (Å²) in [6, 6.07) is 16.9. The molecule has 39 heavy (non-hydrogen) atoms. The largest absolute Gasteiger partial charge is 0.457 e. The van der Waals surface area contributed by atoms with Crippen molar-refractivity contribution in [3.05, 3.63) is 82.0 Å². The van der Waals surface area contributed by atoms with E-state index < -0.39 is 6.04 Å². The molecule has 3 aromatic rings. The molecule has 1 aliphatic heterocycles. The molecule has 0 bridgehead atoms. The smallest absolute Gasteiger partial charge is 0.251 e. The topological polar surface area (TPSA) is 138 Å². The number of nitrogen functional groups attached to an aromatic ring is 1. The van der Waals surface area contributed by atoms with Crippen LogP contribution in [0.2, 0.25) is 0 Å². The van der Waals surface area contributed by atoms with E-state index in [1.165, 1.54) is 11.3 Å². The van der Waals surface area contributed by atoms with Gasteiger partial charge < -0.3 is 26.0 Å². The fraction of sp³-hybridized carbons (Fsp3) is 0.286. The molecule has 1 saturated heterocycles. The number of nitrogens with two attached hydrogens (primary N) is 1. The Bertz CT molecular complexity index is 1330. The average molecular weight is 566 g/mol. The fourth-order valence-corrected chi connectivity index (χ4v) is 5.85. The highest BCUT2D eigenvalue weighted by molar-refractivity contribution is 7.99. The highest BCUT2D eigenvalue weighted by Gasteiger charge is 2.39. The van der Waals surface area contributed by atoms with Gasteiger partial charge in [0.2, 0.25) is 11.8 Å². The number of amidine groups is 1. The van der Waals surface area contributed by atoms with E-state index in [2.05, 4.69) is 10.6 Å². The van der Waals surface area contributed by atoms with Crippen molar-refractivity contribution >= 4 is 46.7 Å². The zero-order valence-electron chi connectivity index (χ0n) is 21.7. The maximum atomic E-state index is 13.2. The van der Waals surface area contributed by atoms with Gasteiger partial charge in [0.25, 0.3) is 5.91 Å². The van der Waals surface area contributed by atoms with Crippen molar-refractivity contribution in [1.82, 2.24) is 15.5 Å². The van der Waals surface area contributed by atoms with Gasteiger partial charge in [-0.05, 0) is 62.1 Å². The molecule has 0 radical (unpaired) electrons. The second-order valence-corrected chi connectivity index (χ2v) is 11.2. The lowest BCUT2D eigenvalue weighted by atomic mass is 10.1. The molecule has 1 aliphatic rings. The van der Waals surface area contributed by atoms with E-state index in [-0.39, 0.29) is 41.4 Å². The van der Waals surface area contributed by atoms with Gasteiger partial charge in [0.1, 0.15) is 23.4 Å². The summed E-state index contributed by atoms with van der Waals surface area (Å²) in [5.74, 6) is 0.321. The van der Waals surface area contributed by atoms with Crippen LogP contribution in [0.25, 0.3) is 0 Å². The molecular weight excluding hydrogens is 534 g/mol. The number of likely N-dealkylation sites (tertiary alicyclic amines) is 1. The van der Waals surface area contributed by atoms with Crippen LogP contribution in [0.15, 0.2) is 66.0 Å². The Kier molecular flexibility index (Phi) is 9.26. The third kappa shape index (κ3) is 7.18. The first kappa shape index (κ1) is 28.2. The molecule has 3 amide bonds. The van der Waals surface area contributed by atoms with Crippen LogP contribution in [0.1, 0.15) is 40.2 Å². The SMILES string of the molecule is CS[C@@H]1C[C@@H](C(=O)N[C@H](C)c2cc(C(=N)N)cs2)N(C(=O)CNC(=O)c2ccc(Oc3ccccc3)cc2)C1. The molecule has 0 aliphatic carbocycles. The van der Waals surface area contributed by atoms with Crippen LogP contribution in [0, 0.1) is 5.41 Å². The molecule has 2 heterocycles. The second-order valence-electron chi connectivity index (χ2n) is 9.16. The number of carbonyl (C=O) groups excluding carboxylic acids is 3. The predicted molar refractivity (Wildman–Crippen MR) is 155 cm³/mol. The van der Waals surface area contributed by atoms with E-state index in [1.54, 1.807) is 52.4 Å². The van der Waals surface area contributed by atoms with Gasteiger partial charge in [0.05, 0.1) is 12.6 Å². The number of thioether (sulfide) groups is 1. The second kappa shape index (κ2) is 12.8. The number of para-hydroxylation sites is 1. The Balaban J connectivity index is 1.33. The normalized spacial score (nSPS) is 17.3. The molecule has 1 fully saturated rings. The van der Waals surface area contributed by atoms with Gasteiger partial charge in [-0.2, -0.15) is 11.8 Å². The molecule has 204 valence electrons. The number of benzene rings is 2. The zero-order valence-corrected chi connectivity index (χ0v) is 23.3. The summed E-state index contributed by atoms with van der Waals surface area (Å²) in [4.78, 5) is 41.4. The number of amides is 3. The monoisotopic (exact) mass is 565 g/mol. The van der Waals surface area contributed by atoms with E-state index in [1.807, 2.05) is 43.5 Å². The van der Waals surface area contributed by atoms with Crippen LogP contribution in [0.4, 0.5) is 0 Å². The molecule has 1 aromatic heterocycles. The van der Waals surface area contributed by atoms with Crippen molar-refractivity contribution < 1.29 is 19.1 Å². The van der Waals surface area contributed by atoms with Crippen molar-refractivity contribution in [3.8, 4) is 11.5 Å². The van der Waals surface area contributed by atoms with Crippen molar-refractivity contribution in [1.29, 1.82) is 5.41 Å². The number of nitrogens with zero attached hydrogens (tertiary/aromatic N) is 1. The predicted octanol–water partition coefficient (Wildman–Crippen LogP) is 3.76. The number of thiophene rings is 1. The highest BCUT2D eigenvalue weighted by atomic mass is 32.2. The summed E-state index contributed by atoms with van der Waals surface area (Å²) < 4.78 is 5.75. The Morgan fingerprint density at radius 1 is 1.13 bits per heavy atom. The van der Waals surface area contributed by atoms with E-state index in [0.29, 0.717) is 35.6 Å². The number of hydrogen-bond donors (Lipinski definition) is 4. The van der Waals surface area contributed by atoms with Gasteiger partial charge in [-0.1, -0.05) is 18.2 Å². The molecule has 0 spiro atoms. The van der Waals surface area contributed by atoms with Crippen LogP contribution in [0.5, 0.6) is 11.5 Å². The van der Waals surface area contributed by atoms with E-state index >= 15 is 0 Å². The maximum Gasteiger partial charge on any atom is 0.251 e. The van der Waals surface area contributed by atoms with Crippen LogP contribution in [-0.4, -0.2) is 59.1 Å². The molecule has 11 heteroatoms. The number of carbonyl (C=O) groups is 3. The first-order chi connectivity index (χ1) is 18.7. The van der Waals surface area contributed by atoms with Crippen molar-refractivity contribution in [2.75, 3.05) is 19.3 Å². The maximum absolute atomic E-state index is 13.2. The van der Waals surface area contributed by atoms with Crippen LogP contribution in [-0.2, 0) is 9.59 Å². The standard InChI is InChI=1S/C28H31N5O4S2/c1-17(24-12-19(16-39-24)26(29)30)32-28(36)23-13-22(38-2)15-33(23)25(34)14-31-27(35)18-8-10-21(11-9-18)37-20-6-4-3-5-7-20/h3-12,16-17,22-23H,13-15H2,1-2H3,(H3,29,30)(H,31,35)(H,32,36)/t17-,22-,23+/m1/s1. The van der Waals surface area contributed by atoms with Crippen molar-refractivity contribution in [3.63, 3.8) is 0 Å². The lowest BCUT2D eigenvalue weighted by Crippen LogP contribution is -2.49. The minimum Gasteiger partial charge on any atom is -0.457 e. The number of ether oxygens (including phenoxy) is 1. The molecule has 2 aromatic carbocycles. The minimum atomic E-state index is -0.629. The van der Waals surface area contributed by atoms with E-state index in [9.17, 15) is 14.4 Å². The summed E-state index contributed by atoms with van der Waals surface area (Å²) in [6.45, 7) is 2.08. The van der Waals surface area contributed by atoms with Gasteiger partial charge in [-0.25, -0.2) is 0 Å². The Morgan fingerprint density at radius 2 is 1.82 bits per heavy atom. The van der Waals surface area contributed by atoms with Gasteiger partial charge in [-0.15, -0.1) is 11.3 Å². The lowest BCUT2D eigenvalue weighted by molar-refractivity contribution is -0.137. The molecule has 9 nitrogen and oxygen atoms in total. The summed E-state index contributed by atoms with van der Waals surface area (Å²) in [7, 11) is 0. The van der Waals surface area contributed by atoms with Crippen LogP contribution in [0.3, 0.4) is 0 Å². The third-order valence-electron chi connectivity index (χ3n) is 6.43. The van der Waals surface area contributed by atoms with Crippen molar-refractivity contribution in [2.45, 2.75) is 30.7 Å². The van der Waals surface area contributed by atoms with Crippen LogP contribution >= 0.6 is 23.1 Å². The quantitative estimate of drug-likeness (QED) is 0.218. The van der Waals surface area contributed by atoms with E-state index in [0.717, 1.165) is 4.88 Å². The minimum absolute atomic E-state index is 0.0232. The molecule has 5 N–H and O–H groups in total. The third-order valence-corrected chi connectivity index (χ3v) is 8.55. The first-order valence-electron chi connectivity index (χ1n) is 12.4. The molecular formula is C28H31N5O4S2. The molecule has 0 saturated carbocycles. The fourth-order valence-electron chi connectivity index (χ4n) is 4.25. The molecule has 4 rings (SSSR count). The summed E-state index contributed by atoms with van der Waals surface area (Å²) in [5, 5.41) is 15.1. The Hall–Kier alpha value is -3.83. The molecule has 0 unspecified atom stereocenters. The van der Waals surface area contributed by atoms with E-state index in [4.69, 9.17) is 15.9 Å². The van der Waals surface area contributed by atoms with Gasteiger partial charge in [0, 0.05) is 33.2 Å². The highest BCUT2D eigenvalue weighted by Crippen LogP contribution is 2.28. The summed E-state index contributed by atoms with van der Waals surface area (Å²) in [6.07, 6.45) is 2.49. The summed E-state index contributed by atoms with van der Waals surface area (Å²) in [5.41, 5.74) is 6.57. The van der Waals surface area contributed by atoms with Crippen LogP contribution < -0.4 is 21.1 Å². The lowest BCUT2D eigenvalue weighted by Gasteiger charge is -2.25. The number of rotatable bonds is 10. The zero-order chi connectivity index (χ0) is 27.9. The van der Waals surface area contributed by atoms with Gasteiger partial charge >= 0.3 is 0 Å². The van der Waals surface area contributed by atoms with Gasteiger partial charge in [-0.3, -0.25) is 19.8 Å². The summed E-state index contributed by atoms with van der Waals surface area (Å²) >= 11 is 3.03. The Morgan fingerprint density at radius 3 is 2.46 bits per heavy atom. The number of nitrogens with one attached hydrogen (secondary N) is 3. The first-order valence-corrected chi connectivity index (χ1v) is 14.6. The average Bonchev–Trinajstić information content (AvgIpc) is 3.61. The molecule has 3 atom stereocenters. The van der Waals surface area contributed by atoms with Crippen molar-refractivity contribution in [2.24, 2.45) is 5.73 Å².